The van der Waals surface area contributed by atoms with E-state index >= 15 is 0 Å². The lowest BCUT2D eigenvalue weighted by Gasteiger charge is -2.43. The molecule has 0 aromatic heterocycles. The van der Waals surface area contributed by atoms with E-state index in [-0.39, 0.29) is 23.5 Å². The van der Waals surface area contributed by atoms with Crippen LogP contribution in [0.1, 0.15) is 87.0 Å². The maximum atomic E-state index is 12.8. The molecule has 2 aliphatic heterocycles. The highest BCUT2D eigenvalue weighted by Gasteiger charge is 2.38. The summed E-state index contributed by atoms with van der Waals surface area (Å²) < 4.78 is 0. The van der Waals surface area contributed by atoms with Crippen LogP contribution in [0, 0.1) is 11.8 Å². The van der Waals surface area contributed by atoms with E-state index in [9.17, 15) is 14.7 Å². The molecular formula is C25H51N3O3. The van der Waals surface area contributed by atoms with Gasteiger partial charge in [-0.05, 0) is 45.4 Å². The topological polar surface area (TPSA) is 72.9 Å². The van der Waals surface area contributed by atoms with Crippen molar-refractivity contribution in [1.29, 1.82) is 0 Å². The third-order valence-electron chi connectivity index (χ3n) is 6.38. The summed E-state index contributed by atoms with van der Waals surface area (Å²) in [5, 5.41) is 14.2. The Morgan fingerprint density at radius 2 is 1.29 bits per heavy atom. The Bertz CT molecular complexity index is 476. The second-order valence-electron chi connectivity index (χ2n) is 8.23. The number of nitrogens with one attached hydrogen (secondary N) is 1. The highest BCUT2D eigenvalue weighted by Crippen LogP contribution is 2.32. The average molecular weight is 442 g/mol. The van der Waals surface area contributed by atoms with Crippen molar-refractivity contribution in [3.05, 3.63) is 0 Å². The van der Waals surface area contributed by atoms with Crippen molar-refractivity contribution in [2.45, 2.75) is 92.6 Å². The first-order chi connectivity index (χ1) is 15.0. The van der Waals surface area contributed by atoms with Gasteiger partial charge in [0.05, 0.1) is 5.60 Å². The summed E-state index contributed by atoms with van der Waals surface area (Å²) in [5.41, 5.74) is -0.652. The quantitative estimate of drug-likeness (QED) is 0.696. The Kier molecular flexibility index (Phi) is 16.1. The van der Waals surface area contributed by atoms with Crippen LogP contribution < -0.4 is 5.32 Å². The fourth-order valence-electron chi connectivity index (χ4n) is 4.59. The minimum Gasteiger partial charge on any atom is -0.388 e. The largest absolute Gasteiger partial charge is 0.388 e. The number of ketones is 1. The van der Waals surface area contributed by atoms with Crippen molar-refractivity contribution in [2.24, 2.45) is 11.8 Å². The molecule has 31 heavy (non-hydrogen) atoms. The number of nitrogens with zero attached hydrogens (tertiary/aromatic N) is 2. The monoisotopic (exact) mass is 441 g/mol. The number of hydrogen-bond acceptors (Lipinski definition) is 5. The number of piperazine rings is 1. The number of piperidine rings is 1. The maximum Gasteiger partial charge on any atom is 0.225 e. The van der Waals surface area contributed by atoms with Crippen LogP contribution in [0.3, 0.4) is 0 Å². The SMILES string of the molecule is CC.CC.CC.CC(=O)C1CCC(C(=O)N2CCC(O)(CN3CCNCC3)CC2)CC1. The molecule has 2 saturated heterocycles. The fourth-order valence-corrected chi connectivity index (χ4v) is 4.59. The second-order valence-corrected chi connectivity index (χ2v) is 8.23. The molecule has 0 spiro atoms. The molecule has 0 atom stereocenters. The first kappa shape index (κ1) is 30.0. The van der Waals surface area contributed by atoms with E-state index in [1.54, 1.807) is 6.92 Å². The molecule has 184 valence electrons. The van der Waals surface area contributed by atoms with Crippen LogP contribution in [0.4, 0.5) is 0 Å². The van der Waals surface area contributed by atoms with Gasteiger partial charge in [0.2, 0.25) is 5.91 Å². The van der Waals surface area contributed by atoms with Gasteiger partial charge in [-0.3, -0.25) is 14.5 Å². The van der Waals surface area contributed by atoms with Crippen LogP contribution in [0.25, 0.3) is 0 Å². The van der Waals surface area contributed by atoms with E-state index in [1.807, 2.05) is 46.4 Å². The van der Waals surface area contributed by atoms with E-state index in [2.05, 4.69) is 10.2 Å². The van der Waals surface area contributed by atoms with Gasteiger partial charge in [-0.15, -0.1) is 0 Å². The van der Waals surface area contributed by atoms with Gasteiger partial charge in [0, 0.05) is 57.6 Å². The van der Waals surface area contributed by atoms with Crippen LogP contribution in [-0.4, -0.2) is 78.0 Å². The molecule has 0 aromatic carbocycles. The molecule has 1 saturated carbocycles. The predicted molar refractivity (Wildman–Crippen MR) is 130 cm³/mol. The molecule has 3 aliphatic rings. The number of carbonyl (C=O) groups excluding carboxylic acids is 2. The zero-order chi connectivity index (χ0) is 23.9. The number of hydrogen-bond donors (Lipinski definition) is 2. The van der Waals surface area contributed by atoms with Crippen molar-refractivity contribution in [1.82, 2.24) is 15.1 Å². The Hall–Kier alpha value is -0.980. The minimum absolute atomic E-state index is 0.0787. The van der Waals surface area contributed by atoms with E-state index < -0.39 is 5.60 Å². The highest BCUT2D eigenvalue weighted by molar-refractivity contribution is 5.81. The lowest BCUT2D eigenvalue weighted by molar-refractivity contribution is -0.142. The van der Waals surface area contributed by atoms with E-state index in [0.29, 0.717) is 25.9 Å². The molecular weight excluding hydrogens is 390 g/mol. The van der Waals surface area contributed by atoms with Crippen LogP contribution in [0.15, 0.2) is 0 Å². The summed E-state index contributed by atoms with van der Waals surface area (Å²) in [5.74, 6) is 0.748. The van der Waals surface area contributed by atoms with Gasteiger partial charge in [-0.2, -0.15) is 0 Å². The molecule has 1 aliphatic carbocycles. The summed E-state index contributed by atoms with van der Waals surface area (Å²) in [6.07, 6.45) is 4.73. The summed E-state index contributed by atoms with van der Waals surface area (Å²) in [6, 6.07) is 0. The standard InChI is InChI=1S/C19H33N3O3.3C2H6/c1-15(23)16-2-4-17(5-3-16)18(24)22-10-6-19(25,7-11-22)14-21-12-8-20-9-13-21;3*1-2/h16-17,20,25H,2-14H2,1H3;3*1-2H3. The first-order valence-corrected chi connectivity index (χ1v) is 12.9. The summed E-state index contributed by atoms with van der Waals surface area (Å²) >= 11 is 0. The third-order valence-corrected chi connectivity index (χ3v) is 6.38. The highest BCUT2D eigenvalue weighted by atomic mass is 16.3. The van der Waals surface area contributed by atoms with Crippen molar-refractivity contribution in [3.63, 3.8) is 0 Å². The molecule has 6 nitrogen and oxygen atoms in total. The maximum absolute atomic E-state index is 12.8. The van der Waals surface area contributed by atoms with E-state index in [1.165, 1.54) is 0 Å². The van der Waals surface area contributed by atoms with Gasteiger partial charge < -0.3 is 15.3 Å². The van der Waals surface area contributed by atoms with E-state index in [4.69, 9.17) is 0 Å². The molecule has 0 aromatic rings. The predicted octanol–water partition coefficient (Wildman–Crippen LogP) is 3.72. The normalized spacial score (nSPS) is 25.5. The lowest BCUT2D eigenvalue weighted by atomic mass is 9.79. The van der Waals surface area contributed by atoms with Gasteiger partial charge in [0.25, 0.3) is 0 Å². The Morgan fingerprint density at radius 1 is 0.839 bits per heavy atom. The smallest absolute Gasteiger partial charge is 0.225 e. The number of aliphatic hydroxyl groups is 1. The Labute approximate surface area is 192 Å². The number of rotatable bonds is 4. The molecule has 3 rings (SSSR count). The van der Waals surface area contributed by atoms with Gasteiger partial charge in [-0.25, -0.2) is 0 Å². The van der Waals surface area contributed by atoms with Crippen molar-refractivity contribution in [3.8, 4) is 0 Å². The summed E-state index contributed by atoms with van der Waals surface area (Å²) in [6.45, 7) is 19.7. The van der Waals surface area contributed by atoms with Crippen LogP contribution in [-0.2, 0) is 9.59 Å². The molecule has 0 unspecified atom stereocenters. The van der Waals surface area contributed by atoms with Crippen LogP contribution in [0.2, 0.25) is 0 Å². The average Bonchev–Trinajstić information content (AvgIpc) is 2.83. The number of likely N-dealkylation sites (tertiary alicyclic amines) is 1. The van der Waals surface area contributed by atoms with Crippen molar-refractivity contribution in [2.75, 3.05) is 45.8 Å². The molecule has 6 heteroatoms. The van der Waals surface area contributed by atoms with Crippen LogP contribution >= 0.6 is 0 Å². The van der Waals surface area contributed by atoms with Crippen molar-refractivity contribution < 1.29 is 14.7 Å². The van der Waals surface area contributed by atoms with Gasteiger partial charge >= 0.3 is 0 Å². The Morgan fingerprint density at radius 3 is 1.74 bits per heavy atom. The minimum atomic E-state index is -0.652. The van der Waals surface area contributed by atoms with Gasteiger partial charge in [0.1, 0.15) is 5.78 Å². The molecule has 2 N–H and O–H groups in total. The molecule has 1 amide bonds. The summed E-state index contributed by atoms with van der Waals surface area (Å²) in [4.78, 5) is 28.5. The third kappa shape index (κ3) is 10.0. The number of Topliss-reactive ketones (excluding diaryl/α,β-unsaturated/α-hetero) is 1. The summed E-state index contributed by atoms with van der Waals surface area (Å²) in [7, 11) is 0. The van der Waals surface area contributed by atoms with Crippen molar-refractivity contribution >= 4 is 11.7 Å². The Balaban J connectivity index is 0.00000138. The number of amides is 1. The molecule has 3 fully saturated rings. The lowest BCUT2D eigenvalue weighted by Crippen LogP contribution is -2.55. The van der Waals surface area contributed by atoms with E-state index in [0.717, 1.165) is 58.4 Å². The zero-order valence-electron chi connectivity index (χ0n) is 21.5. The zero-order valence-corrected chi connectivity index (χ0v) is 21.5. The molecule has 0 bridgehead atoms. The second kappa shape index (κ2) is 16.6. The fraction of sp³-hybridized carbons (Fsp3) is 0.920. The first-order valence-electron chi connectivity index (χ1n) is 12.9. The molecule has 0 radical (unpaired) electrons. The van der Waals surface area contributed by atoms with Crippen LogP contribution in [0.5, 0.6) is 0 Å². The molecule has 2 heterocycles. The number of carbonyl (C=O) groups is 2. The number of β-amino-alcohol motifs (C(OH)–C–C–N with tert-alkyl or cyclic N) is 1. The van der Waals surface area contributed by atoms with Gasteiger partial charge in [0.15, 0.2) is 0 Å². The van der Waals surface area contributed by atoms with Gasteiger partial charge in [-0.1, -0.05) is 41.5 Å².